The maximum Gasteiger partial charge on any atom is 0.323 e. The Bertz CT molecular complexity index is 611. The number of imidazole rings is 1. The Balaban J connectivity index is 2.80. The lowest BCUT2D eigenvalue weighted by molar-refractivity contribution is -0.384. The summed E-state index contributed by atoms with van der Waals surface area (Å²) >= 11 is 0. The van der Waals surface area contributed by atoms with E-state index in [1.807, 2.05) is 0 Å². The molecule has 0 unspecified atom stereocenters. The van der Waals surface area contributed by atoms with Crippen molar-refractivity contribution >= 4 is 22.4 Å². The molecule has 0 radical (unpaired) electrons. The number of hydrogen-bond donors (Lipinski definition) is 2. The highest BCUT2D eigenvalue weighted by Gasteiger charge is 2.17. The second-order valence-corrected chi connectivity index (χ2v) is 3.62. The average molecular weight is 222 g/mol. The number of nitrogens with one attached hydrogen (secondary N) is 2. The fourth-order valence-electron chi connectivity index (χ4n) is 1.56. The first-order valence-corrected chi connectivity index (χ1v) is 4.57. The van der Waals surface area contributed by atoms with E-state index in [0.29, 0.717) is 16.7 Å². The molecule has 84 valence electrons. The Kier molecular flexibility index (Phi) is 2.15. The first kappa shape index (κ1) is 10.2. The molecule has 7 nitrogen and oxygen atoms in total. The summed E-state index contributed by atoms with van der Waals surface area (Å²) < 4.78 is 0. The first-order chi connectivity index (χ1) is 7.49. The van der Waals surface area contributed by atoms with Crippen LogP contribution in [0.15, 0.2) is 16.9 Å². The van der Waals surface area contributed by atoms with E-state index in [-0.39, 0.29) is 11.4 Å². The number of H-pyrrole nitrogens is 2. The lowest BCUT2D eigenvalue weighted by Gasteiger charge is -2.12. The third kappa shape index (κ3) is 1.52. The molecule has 0 amide bonds. The highest BCUT2D eigenvalue weighted by Crippen LogP contribution is 2.29. The Morgan fingerprint density at radius 2 is 1.81 bits per heavy atom. The molecule has 2 N–H and O–H groups in total. The van der Waals surface area contributed by atoms with Crippen LogP contribution in [0.5, 0.6) is 0 Å². The van der Waals surface area contributed by atoms with Gasteiger partial charge in [0.2, 0.25) is 0 Å². The van der Waals surface area contributed by atoms with Crippen LogP contribution < -0.4 is 10.6 Å². The van der Waals surface area contributed by atoms with Gasteiger partial charge >= 0.3 is 5.69 Å². The second-order valence-electron chi connectivity index (χ2n) is 3.62. The van der Waals surface area contributed by atoms with Gasteiger partial charge < -0.3 is 14.9 Å². The van der Waals surface area contributed by atoms with Crippen LogP contribution >= 0.6 is 0 Å². The molecule has 0 aliphatic heterocycles. The molecule has 16 heavy (non-hydrogen) atoms. The van der Waals surface area contributed by atoms with Gasteiger partial charge in [0.15, 0.2) is 0 Å². The van der Waals surface area contributed by atoms with Gasteiger partial charge in [-0.25, -0.2) is 4.79 Å². The molecule has 0 fully saturated rings. The normalized spacial score (nSPS) is 10.6. The van der Waals surface area contributed by atoms with Crippen LogP contribution in [0.25, 0.3) is 11.0 Å². The van der Waals surface area contributed by atoms with Crippen LogP contribution in [0.1, 0.15) is 0 Å². The number of benzene rings is 1. The van der Waals surface area contributed by atoms with Gasteiger partial charge in [-0.15, -0.1) is 0 Å². The third-order valence-corrected chi connectivity index (χ3v) is 2.29. The molecule has 7 heteroatoms. The van der Waals surface area contributed by atoms with Crippen molar-refractivity contribution < 1.29 is 4.92 Å². The van der Waals surface area contributed by atoms with E-state index in [0.717, 1.165) is 0 Å². The molecule has 0 bridgehead atoms. The first-order valence-electron chi connectivity index (χ1n) is 4.57. The number of hydrogen-bond acceptors (Lipinski definition) is 4. The Hall–Kier alpha value is -2.31. The molecule has 0 aliphatic carbocycles. The monoisotopic (exact) mass is 222 g/mol. The minimum atomic E-state index is -0.472. The van der Waals surface area contributed by atoms with Crippen molar-refractivity contribution in [1.29, 1.82) is 0 Å². The lowest BCUT2D eigenvalue weighted by Crippen LogP contribution is -2.10. The third-order valence-electron chi connectivity index (χ3n) is 2.29. The number of aromatic nitrogens is 2. The Morgan fingerprint density at radius 1 is 1.25 bits per heavy atom. The predicted molar refractivity (Wildman–Crippen MR) is 59.9 cm³/mol. The number of rotatable bonds is 2. The molecule has 0 atom stereocenters. The summed E-state index contributed by atoms with van der Waals surface area (Å²) in [5.74, 6) is 0. The lowest BCUT2D eigenvalue weighted by atomic mass is 10.2. The highest BCUT2D eigenvalue weighted by molar-refractivity contribution is 5.84. The van der Waals surface area contributed by atoms with E-state index in [4.69, 9.17) is 0 Å². The van der Waals surface area contributed by atoms with Crippen molar-refractivity contribution in [3.63, 3.8) is 0 Å². The molecule has 2 rings (SSSR count). The van der Waals surface area contributed by atoms with Crippen molar-refractivity contribution in [3.8, 4) is 0 Å². The van der Waals surface area contributed by atoms with Crippen molar-refractivity contribution in [3.05, 3.63) is 32.7 Å². The standard InChI is InChI=1S/C9H10N4O3/c1-12(2)7-3-5-6(11-9(14)10-5)4-8(7)13(15)16/h3-4H,1-2H3,(H2,10,11,14). The number of nitro groups is 1. The molecule has 0 saturated heterocycles. The molecule has 0 saturated carbocycles. The smallest absolute Gasteiger partial charge is 0.323 e. The second kappa shape index (κ2) is 3.37. The zero-order valence-corrected chi connectivity index (χ0v) is 8.77. The minimum Gasteiger partial charge on any atom is -0.372 e. The molecule has 1 aromatic carbocycles. The van der Waals surface area contributed by atoms with Gasteiger partial charge in [-0.3, -0.25) is 10.1 Å². The number of anilines is 1. The topological polar surface area (TPSA) is 95.0 Å². The van der Waals surface area contributed by atoms with E-state index >= 15 is 0 Å². The SMILES string of the molecule is CN(C)c1cc2[nH]c(=O)[nH]c2cc1[N+](=O)[O-]. The van der Waals surface area contributed by atoms with Crippen molar-refractivity contribution in [2.24, 2.45) is 0 Å². The fraction of sp³-hybridized carbons (Fsp3) is 0.222. The van der Waals surface area contributed by atoms with Crippen LogP contribution in [0.2, 0.25) is 0 Å². The summed E-state index contributed by atoms with van der Waals surface area (Å²) in [7, 11) is 3.41. The van der Waals surface area contributed by atoms with Crippen LogP contribution in [-0.2, 0) is 0 Å². The van der Waals surface area contributed by atoms with Crippen LogP contribution in [0, 0.1) is 10.1 Å². The zero-order chi connectivity index (χ0) is 11.9. The summed E-state index contributed by atoms with van der Waals surface area (Å²) in [4.78, 5) is 28.1. The van der Waals surface area contributed by atoms with E-state index < -0.39 is 4.92 Å². The fourth-order valence-corrected chi connectivity index (χ4v) is 1.56. The van der Waals surface area contributed by atoms with E-state index in [9.17, 15) is 14.9 Å². The van der Waals surface area contributed by atoms with Crippen molar-refractivity contribution in [1.82, 2.24) is 9.97 Å². The maximum absolute atomic E-state index is 11.1. The summed E-state index contributed by atoms with van der Waals surface area (Å²) in [5, 5.41) is 10.9. The largest absolute Gasteiger partial charge is 0.372 e. The predicted octanol–water partition coefficient (Wildman–Crippen LogP) is 0.830. The van der Waals surface area contributed by atoms with Gasteiger partial charge in [-0.1, -0.05) is 0 Å². The van der Waals surface area contributed by atoms with E-state index in [1.165, 1.54) is 6.07 Å². The van der Waals surface area contributed by atoms with Crippen molar-refractivity contribution in [2.45, 2.75) is 0 Å². The number of fused-ring (bicyclic) bond motifs is 1. The van der Waals surface area contributed by atoms with Gasteiger partial charge in [-0.2, -0.15) is 0 Å². The van der Waals surface area contributed by atoms with E-state index in [2.05, 4.69) is 9.97 Å². The average Bonchev–Trinajstić information content (AvgIpc) is 2.54. The number of aromatic amines is 2. The molecule has 1 aromatic heterocycles. The minimum absolute atomic E-state index is 0.0345. The van der Waals surface area contributed by atoms with Gasteiger partial charge in [-0.05, 0) is 6.07 Å². The summed E-state index contributed by atoms with van der Waals surface area (Å²) in [6.07, 6.45) is 0. The van der Waals surface area contributed by atoms with Gasteiger partial charge in [0.05, 0.1) is 16.0 Å². The number of nitrogens with zero attached hydrogens (tertiary/aromatic N) is 2. The van der Waals surface area contributed by atoms with Gasteiger partial charge in [0.1, 0.15) is 5.69 Å². The summed E-state index contributed by atoms with van der Waals surface area (Å²) in [6.45, 7) is 0. The van der Waals surface area contributed by atoms with Crippen LogP contribution in [-0.4, -0.2) is 29.0 Å². The Labute approximate surface area is 89.8 Å². The molecule has 0 spiro atoms. The van der Waals surface area contributed by atoms with Gasteiger partial charge in [0, 0.05) is 20.2 Å². The molecular formula is C9H10N4O3. The molecule has 1 heterocycles. The molecule has 2 aromatic rings. The van der Waals surface area contributed by atoms with Crippen LogP contribution in [0.4, 0.5) is 11.4 Å². The number of nitro benzene ring substituents is 1. The molecular weight excluding hydrogens is 212 g/mol. The quantitative estimate of drug-likeness (QED) is 0.581. The highest BCUT2D eigenvalue weighted by atomic mass is 16.6. The van der Waals surface area contributed by atoms with Crippen molar-refractivity contribution in [2.75, 3.05) is 19.0 Å². The summed E-state index contributed by atoms with van der Waals surface area (Å²) in [6, 6.07) is 2.92. The van der Waals surface area contributed by atoms with Crippen LogP contribution in [0.3, 0.4) is 0 Å². The van der Waals surface area contributed by atoms with E-state index in [1.54, 1.807) is 25.1 Å². The molecule has 0 aliphatic rings. The maximum atomic E-state index is 11.1. The zero-order valence-electron chi connectivity index (χ0n) is 8.77. The van der Waals surface area contributed by atoms with Gasteiger partial charge in [0.25, 0.3) is 5.69 Å². The summed E-state index contributed by atoms with van der Waals surface area (Å²) in [5.41, 5.74) is 1.03. The Morgan fingerprint density at radius 3 is 2.31 bits per heavy atom.